The Morgan fingerprint density at radius 3 is 3.20 bits per heavy atom. The lowest BCUT2D eigenvalue weighted by molar-refractivity contribution is 1.43. The molecule has 0 amide bonds. The van der Waals surface area contributed by atoms with Gasteiger partial charge in [-0.2, -0.15) is 0 Å². The van der Waals surface area contributed by atoms with Gasteiger partial charge in [-0.15, -0.1) is 11.3 Å². The van der Waals surface area contributed by atoms with Crippen molar-refractivity contribution in [3.63, 3.8) is 0 Å². The molecule has 0 bridgehead atoms. The summed E-state index contributed by atoms with van der Waals surface area (Å²) in [6.07, 6.45) is 1.37. The van der Waals surface area contributed by atoms with Gasteiger partial charge in [-0.1, -0.05) is 0 Å². The molecule has 0 N–H and O–H groups in total. The molecule has 0 aromatic carbocycles. The fourth-order valence-electron chi connectivity index (χ4n) is 0.132. The van der Waals surface area contributed by atoms with Crippen LogP contribution in [0.2, 0.25) is 0 Å². The van der Waals surface area contributed by atoms with Gasteiger partial charge in [0.25, 0.3) is 0 Å². The van der Waals surface area contributed by atoms with Crippen LogP contribution in [0.1, 0.15) is 2.74 Å². The first-order chi connectivity index (χ1) is 3.29. The minimum Gasteiger partial charge on any atom is -0.253 e. The molecular formula is C3H3NS. The number of hydrogen-bond acceptors (Lipinski definition) is 2. The van der Waals surface area contributed by atoms with Crippen LogP contribution in [0.15, 0.2) is 17.0 Å². The van der Waals surface area contributed by atoms with Crippen molar-refractivity contribution >= 4 is 11.3 Å². The molecule has 26 valence electrons. The van der Waals surface area contributed by atoms with E-state index in [1.54, 1.807) is 0 Å². The van der Waals surface area contributed by atoms with Crippen LogP contribution in [0, 0.1) is 0 Å². The molecular weight excluding hydrogens is 82.1 g/mol. The number of rotatable bonds is 0. The first-order valence-electron chi connectivity index (χ1n) is 2.18. The predicted molar refractivity (Wildman–Crippen MR) is 22.1 cm³/mol. The molecule has 1 rings (SSSR count). The lowest BCUT2D eigenvalue weighted by atomic mass is 11.0. The standard InChI is InChI=1S/C3H3NS/c1-2-5-3-4-1/h1-3H/i2D,3D. The van der Waals surface area contributed by atoms with Crippen LogP contribution < -0.4 is 0 Å². The Morgan fingerprint density at radius 1 is 2.00 bits per heavy atom. The Hall–Kier alpha value is -0.370. The van der Waals surface area contributed by atoms with Gasteiger partial charge in [-0.05, 0) is 0 Å². The third-order valence-electron chi connectivity index (χ3n) is 0.275. The molecule has 0 atom stereocenters. The molecule has 1 aromatic rings. The molecule has 0 radical (unpaired) electrons. The Balaban J connectivity index is 3.04. The van der Waals surface area contributed by atoms with Crippen molar-refractivity contribution in [3.8, 4) is 0 Å². The molecule has 0 aliphatic carbocycles. The molecule has 0 spiro atoms. The van der Waals surface area contributed by atoms with Crippen molar-refractivity contribution in [1.29, 1.82) is 0 Å². The molecule has 0 saturated heterocycles. The van der Waals surface area contributed by atoms with Gasteiger partial charge in [0.2, 0.25) is 0 Å². The molecule has 1 heterocycles. The summed E-state index contributed by atoms with van der Waals surface area (Å²) in [6.45, 7) is 0. The highest BCUT2D eigenvalue weighted by Crippen LogP contribution is 1.85. The zero-order valence-electron chi connectivity index (χ0n) is 4.43. The highest BCUT2D eigenvalue weighted by molar-refractivity contribution is 7.07. The molecule has 0 aliphatic heterocycles. The largest absolute Gasteiger partial charge is 0.253 e. The topological polar surface area (TPSA) is 12.9 Å². The lowest BCUT2D eigenvalue weighted by Gasteiger charge is -1.41. The fraction of sp³-hybridized carbons (Fsp3) is 0. The summed E-state index contributed by atoms with van der Waals surface area (Å²) in [5, 5.41) is 0.352. The third kappa shape index (κ3) is 0.450. The monoisotopic (exact) mass is 87.0 g/mol. The second kappa shape index (κ2) is 1.17. The van der Waals surface area contributed by atoms with Crippen molar-refractivity contribution in [2.24, 2.45) is 0 Å². The molecule has 5 heavy (non-hydrogen) atoms. The number of nitrogens with zero attached hydrogens (tertiary/aromatic N) is 1. The van der Waals surface area contributed by atoms with E-state index in [-0.39, 0.29) is 5.49 Å². The van der Waals surface area contributed by atoms with E-state index in [1.807, 2.05) is 0 Å². The van der Waals surface area contributed by atoms with E-state index in [1.165, 1.54) is 6.20 Å². The molecule has 2 heteroatoms. The van der Waals surface area contributed by atoms with E-state index in [2.05, 4.69) is 4.98 Å². The SMILES string of the molecule is [2H]c1cnc([2H])s1. The van der Waals surface area contributed by atoms with Crippen LogP contribution in [0.25, 0.3) is 0 Å². The number of aromatic nitrogens is 1. The average Bonchev–Trinajstić information content (AvgIpc) is 1.87. The van der Waals surface area contributed by atoms with E-state index < -0.39 is 0 Å². The van der Waals surface area contributed by atoms with Gasteiger partial charge in [0.1, 0.15) is 0 Å². The van der Waals surface area contributed by atoms with E-state index in [9.17, 15) is 0 Å². The van der Waals surface area contributed by atoms with Gasteiger partial charge >= 0.3 is 0 Å². The van der Waals surface area contributed by atoms with Crippen LogP contribution >= 0.6 is 11.3 Å². The van der Waals surface area contributed by atoms with Crippen molar-refractivity contribution in [3.05, 3.63) is 17.0 Å². The van der Waals surface area contributed by atoms with Crippen LogP contribution in [0.4, 0.5) is 0 Å². The maximum absolute atomic E-state index is 6.85. The Morgan fingerprint density at radius 2 is 3.00 bits per heavy atom. The summed E-state index contributed by atoms with van der Waals surface area (Å²) in [5.41, 5.74) is 0.213. The molecule has 0 fully saturated rings. The van der Waals surface area contributed by atoms with Gasteiger partial charge in [-0.25, -0.2) is 0 Å². The summed E-state index contributed by atoms with van der Waals surface area (Å²) >= 11 is 1.06. The van der Waals surface area contributed by atoms with Crippen molar-refractivity contribution < 1.29 is 2.74 Å². The zero-order valence-corrected chi connectivity index (χ0v) is 3.25. The second-order valence-electron chi connectivity index (χ2n) is 0.569. The Labute approximate surface area is 37.1 Å². The lowest BCUT2D eigenvalue weighted by Crippen LogP contribution is -1.38. The second-order valence-corrected chi connectivity index (χ2v) is 1.19. The summed E-state index contributed by atoms with van der Waals surface area (Å²) in [6, 6.07) is 0. The van der Waals surface area contributed by atoms with Crippen LogP contribution in [-0.2, 0) is 0 Å². The van der Waals surface area contributed by atoms with Crippen molar-refractivity contribution in [1.82, 2.24) is 4.98 Å². The zero-order chi connectivity index (χ0) is 5.28. The highest BCUT2D eigenvalue weighted by atomic mass is 32.1. The number of thiazole rings is 1. The molecule has 0 aliphatic rings. The van der Waals surface area contributed by atoms with E-state index in [0.29, 0.717) is 5.36 Å². The molecule has 1 nitrogen and oxygen atoms in total. The minimum atomic E-state index is 0.213. The number of hydrogen-bond donors (Lipinski definition) is 0. The van der Waals surface area contributed by atoms with Crippen LogP contribution in [-0.4, -0.2) is 4.98 Å². The molecule has 0 unspecified atom stereocenters. The fourth-order valence-corrected chi connectivity index (χ4v) is 0.395. The maximum atomic E-state index is 6.85. The minimum absolute atomic E-state index is 0.213. The Kier molecular flexibility index (Phi) is 0.325. The summed E-state index contributed by atoms with van der Waals surface area (Å²) in [7, 11) is 0. The van der Waals surface area contributed by atoms with Gasteiger partial charge in [-0.3, -0.25) is 4.98 Å². The van der Waals surface area contributed by atoms with Crippen molar-refractivity contribution in [2.45, 2.75) is 0 Å². The maximum Gasteiger partial charge on any atom is 0.0960 e. The summed E-state index contributed by atoms with van der Waals surface area (Å²) < 4.78 is 13.7. The smallest absolute Gasteiger partial charge is 0.0960 e. The normalized spacial score (nSPS) is 13.6. The summed E-state index contributed by atoms with van der Waals surface area (Å²) in [4.78, 5) is 3.51. The van der Waals surface area contributed by atoms with E-state index in [0.717, 1.165) is 11.3 Å². The predicted octanol–water partition coefficient (Wildman–Crippen LogP) is 1.14. The van der Waals surface area contributed by atoms with Gasteiger partial charge in [0.05, 0.1) is 8.23 Å². The van der Waals surface area contributed by atoms with Crippen LogP contribution in [0.3, 0.4) is 0 Å². The van der Waals surface area contributed by atoms with Gasteiger partial charge in [0, 0.05) is 11.6 Å². The highest BCUT2D eigenvalue weighted by Gasteiger charge is 1.59. The average molecular weight is 87.1 g/mol. The van der Waals surface area contributed by atoms with E-state index in [4.69, 9.17) is 2.74 Å². The Bertz CT molecular complexity index is 145. The third-order valence-corrected chi connectivity index (χ3v) is 0.694. The molecule has 0 saturated carbocycles. The van der Waals surface area contributed by atoms with Gasteiger partial charge < -0.3 is 0 Å². The van der Waals surface area contributed by atoms with Gasteiger partial charge in [0.15, 0.2) is 0 Å². The van der Waals surface area contributed by atoms with Crippen molar-refractivity contribution in [2.75, 3.05) is 0 Å². The first kappa shape index (κ1) is 1.39. The van der Waals surface area contributed by atoms with Crippen LogP contribution in [0.5, 0.6) is 0 Å². The first-order valence-corrected chi connectivity index (χ1v) is 2.00. The molecule has 1 aromatic heterocycles. The van der Waals surface area contributed by atoms with E-state index >= 15 is 0 Å². The summed E-state index contributed by atoms with van der Waals surface area (Å²) in [5.74, 6) is 0. The quantitative estimate of drug-likeness (QED) is 0.462.